The van der Waals surface area contributed by atoms with Crippen LogP contribution < -0.4 is 0 Å². The zero-order valence-electron chi connectivity index (χ0n) is 21.4. The van der Waals surface area contributed by atoms with Crippen molar-refractivity contribution in [3.63, 3.8) is 0 Å². The highest BCUT2D eigenvalue weighted by molar-refractivity contribution is 7.27. The second-order valence-electron chi connectivity index (χ2n) is 10.1. The normalized spacial score (nSPS) is 12.1. The Morgan fingerprint density at radius 3 is 1.68 bits per heavy atom. The third-order valence-corrected chi connectivity index (χ3v) is 11.3. The molecule has 0 spiro atoms. The molecule has 0 saturated carbocycles. The Balaban J connectivity index is 1.15. The number of para-hydroxylation sites is 1. The van der Waals surface area contributed by atoms with E-state index < -0.39 is 0 Å². The zero-order valence-corrected chi connectivity index (χ0v) is 23.8. The van der Waals surface area contributed by atoms with Crippen molar-refractivity contribution in [3.8, 4) is 29.9 Å². The Labute approximate surface area is 241 Å². The van der Waals surface area contributed by atoms with E-state index in [1.54, 1.807) is 0 Å². The summed E-state index contributed by atoms with van der Waals surface area (Å²) >= 11 is 5.56. The van der Waals surface area contributed by atoms with Crippen LogP contribution in [0, 0.1) is 6.92 Å². The van der Waals surface area contributed by atoms with E-state index in [0.717, 1.165) is 43.9 Å². The third kappa shape index (κ3) is 3.32. The van der Waals surface area contributed by atoms with Gasteiger partial charge in [-0.15, -0.1) is 34.0 Å². The number of rotatable bonds is 3. The van der Waals surface area contributed by atoms with Crippen LogP contribution in [-0.2, 0) is 0 Å². The van der Waals surface area contributed by atoms with Crippen molar-refractivity contribution < 1.29 is 8.83 Å². The number of hydrogen-bond acceptors (Lipinski definition) is 5. The van der Waals surface area contributed by atoms with Gasteiger partial charge in [-0.2, -0.15) is 0 Å². The number of furan rings is 2. The first-order chi connectivity index (χ1) is 19.7. The van der Waals surface area contributed by atoms with Gasteiger partial charge in [-0.25, -0.2) is 0 Å². The van der Waals surface area contributed by atoms with Gasteiger partial charge in [0.2, 0.25) is 0 Å². The van der Waals surface area contributed by atoms with Crippen molar-refractivity contribution in [2.24, 2.45) is 0 Å². The fraction of sp³-hybridized carbons (Fsp3) is 0.0286. The number of benzene rings is 4. The van der Waals surface area contributed by atoms with Crippen LogP contribution in [0.3, 0.4) is 0 Å². The molecule has 0 unspecified atom stereocenters. The van der Waals surface area contributed by atoms with Gasteiger partial charge in [0.25, 0.3) is 0 Å². The van der Waals surface area contributed by atoms with Gasteiger partial charge in [0, 0.05) is 50.8 Å². The lowest BCUT2D eigenvalue weighted by atomic mass is 9.99. The summed E-state index contributed by atoms with van der Waals surface area (Å²) in [4.78, 5) is 7.88. The standard InChI is InChI=1S/C35H20O2S3/c1-19-6-13-30(38-19)31-16-17-33(40-31)32-15-14-29(39-32)20-7-8-24-28(18-20)37-27-12-10-21-22(35(24)27)9-11-26-34(21)23-4-2-3-5-25(23)36-26/h2-18H,1H3. The van der Waals surface area contributed by atoms with E-state index in [9.17, 15) is 0 Å². The predicted octanol–water partition coefficient (Wildman–Crippen LogP) is 12.1. The second kappa shape index (κ2) is 8.42. The summed E-state index contributed by atoms with van der Waals surface area (Å²) in [6.45, 7) is 2.16. The molecule has 0 aliphatic rings. The highest BCUT2D eigenvalue weighted by Gasteiger charge is 2.17. The maximum Gasteiger partial charge on any atom is 0.136 e. The molecule has 5 heteroatoms. The maximum atomic E-state index is 6.43. The van der Waals surface area contributed by atoms with Gasteiger partial charge >= 0.3 is 0 Å². The van der Waals surface area contributed by atoms with E-state index in [1.165, 1.54) is 45.6 Å². The van der Waals surface area contributed by atoms with E-state index in [0.29, 0.717) is 0 Å². The minimum atomic E-state index is 0.911. The molecule has 0 aliphatic carbocycles. The maximum absolute atomic E-state index is 6.43. The Kier molecular flexibility index (Phi) is 4.76. The van der Waals surface area contributed by atoms with Gasteiger partial charge in [0.05, 0.1) is 0 Å². The lowest BCUT2D eigenvalue weighted by Crippen LogP contribution is -1.77. The van der Waals surface area contributed by atoms with Crippen molar-refractivity contribution >= 4 is 88.7 Å². The SMILES string of the molecule is Cc1ccc(-c2ccc(-c3ccc(-c4ccc5c(c4)oc4ccc6c(ccc7oc8ccccc8c76)c45)s3)s2)s1. The van der Waals surface area contributed by atoms with Gasteiger partial charge in [-0.1, -0.05) is 24.3 Å². The second-order valence-corrected chi connectivity index (χ2v) is 13.6. The largest absolute Gasteiger partial charge is 0.456 e. The van der Waals surface area contributed by atoms with Crippen molar-refractivity contribution in [1.29, 1.82) is 0 Å². The Hall–Kier alpha value is -4.16. The first-order valence-electron chi connectivity index (χ1n) is 13.2. The molecule has 190 valence electrons. The van der Waals surface area contributed by atoms with Crippen LogP contribution in [0.25, 0.3) is 84.6 Å². The van der Waals surface area contributed by atoms with Crippen molar-refractivity contribution in [2.75, 3.05) is 0 Å². The molecule has 4 aromatic carbocycles. The molecule has 2 nitrogen and oxygen atoms in total. The molecule has 40 heavy (non-hydrogen) atoms. The molecule has 0 radical (unpaired) electrons. The number of hydrogen-bond donors (Lipinski definition) is 0. The third-order valence-electron chi connectivity index (χ3n) is 7.69. The molecule has 0 atom stereocenters. The molecule has 5 aromatic heterocycles. The number of aryl methyl sites for hydroxylation is 1. The molecule has 5 heterocycles. The number of thiophene rings is 3. The molecule has 0 saturated heterocycles. The molecule has 0 bridgehead atoms. The van der Waals surface area contributed by atoms with E-state index >= 15 is 0 Å². The molecule has 0 fully saturated rings. The van der Waals surface area contributed by atoms with Crippen molar-refractivity contribution in [2.45, 2.75) is 6.92 Å². The zero-order chi connectivity index (χ0) is 26.4. The summed E-state index contributed by atoms with van der Waals surface area (Å²) < 4.78 is 12.6. The van der Waals surface area contributed by atoms with Crippen LogP contribution in [0.2, 0.25) is 0 Å². The van der Waals surface area contributed by atoms with Crippen LogP contribution in [0.4, 0.5) is 0 Å². The van der Waals surface area contributed by atoms with E-state index in [1.807, 2.05) is 46.1 Å². The van der Waals surface area contributed by atoms with Crippen molar-refractivity contribution in [3.05, 3.63) is 108 Å². The molecule has 0 N–H and O–H groups in total. The minimum Gasteiger partial charge on any atom is -0.456 e. The Bertz CT molecular complexity index is 2410. The van der Waals surface area contributed by atoms with Gasteiger partial charge < -0.3 is 8.83 Å². The van der Waals surface area contributed by atoms with Gasteiger partial charge in [0.1, 0.15) is 22.3 Å². The minimum absolute atomic E-state index is 0.911. The summed E-state index contributed by atoms with van der Waals surface area (Å²) in [5.41, 5.74) is 4.84. The highest BCUT2D eigenvalue weighted by atomic mass is 32.1. The topological polar surface area (TPSA) is 26.3 Å². The predicted molar refractivity (Wildman–Crippen MR) is 173 cm³/mol. The van der Waals surface area contributed by atoms with E-state index in [-0.39, 0.29) is 0 Å². The van der Waals surface area contributed by atoms with Crippen molar-refractivity contribution in [1.82, 2.24) is 0 Å². The quantitative estimate of drug-likeness (QED) is 0.212. The average molecular weight is 569 g/mol. The molecule has 0 aliphatic heterocycles. The van der Waals surface area contributed by atoms with Gasteiger partial charge in [0.15, 0.2) is 0 Å². The molecule has 9 aromatic rings. The first-order valence-corrected chi connectivity index (χ1v) is 15.6. The Morgan fingerprint density at radius 1 is 0.425 bits per heavy atom. The molecule has 9 rings (SSSR count). The van der Waals surface area contributed by atoms with Crippen LogP contribution >= 0.6 is 34.0 Å². The lowest BCUT2D eigenvalue weighted by Gasteiger charge is -2.02. The fourth-order valence-corrected chi connectivity index (χ4v) is 8.91. The summed E-state index contributed by atoms with van der Waals surface area (Å²) in [5.74, 6) is 0. The lowest BCUT2D eigenvalue weighted by molar-refractivity contribution is 0.668. The molecular formula is C35H20O2S3. The summed E-state index contributed by atoms with van der Waals surface area (Å²) in [6.07, 6.45) is 0. The summed E-state index contributed by atoms with van der Waals surface area (Å²) in [6, 6.07) is 36.8. The van der Waals surface area contributed by atoms with E-state index in [2.05, 4.69) is 97.9 Å². The summed E-state index contributed by atoms with van der Waals surface area (Å²) in [5, 5.41) is 7.00. The first kappa shape index (κ1) is 22.6. The Morgan fingerprint density at radius 2 is 0.975 bits per heavy atom. The number of fused-ring (bicyclic) bond motifs is 9. The van der Waals surface area contributed by atoms with Crippen LogP contribution in [-0.4, -0.2) is 0 Å². The monoisotopic (exact) mass is 568 g/mol. The van der Waals surface area contributed by atoms with Crippen LogP contribution in [0.5, 0.6) is 0 Å². The summed E-state index contributed by atoms with van der Waals surface area (Å²) in [7, 11) is 0. The average Bonchev–Trinajstić information content (AvgIpc) is 3.79. The van der Waals surface area contributed by atoms with Gasteiger partial charge in [-0.3, -0.25) is 0 Å². The smallest absolute Gasteiger partial charge is 0.136 e. The molecule has 0 amide bonds. The van der Waals surface area contributed by atoms with Crippen LogP contribution in [0.15, 0.2) is 112 Å². The van der Waals surface area contributed by atoms with E-state index in [4.69, 9.17) is 8.83 Å². The highest BCUT2D eigenvalue weighted by Crippen LogP contribution is 2.44. The molecular weight excluding hydrogens is 549 g/mol. The van der Waals surface area contributed by atoms with Crippen LogP contribution in [0.1, 0.15) is 4.88 Å². The fourth-order valence-electron chi connectivity index (χ4n) is 5.85. The van der Waals surface area contributed by atoms with Gasteiger partial charge in [-0.05, 0) is 102 Å².